The van der Waals surface area contributed by atoms with Crippen molar-refractivity contribution in [3.8, 4) is 11.5 Å². The van der Waals surface area contributed by atoms with Crippen LogP contribution in [0.4, 0.5) is 5.69 Å². The molecule has 7 nitrogen and oxygen atoms in total. The lowest BCUT2D eigenvalue weighted by molar-refractivity contribution is 0.0957. The molecule has 0 fully saturated rings. The van der Waals surface area contributed by atoms with Crippen LogP contribution in [0.2, 0.25) is 0 Å². The molecular formula is C27H33N3O4S. The van der Waals surface area contributed by atoms with Crippen LogP contribution in [0.15, 0.2) is 83.3 Å². The number of allylic oxidation sites excluding steroid dienone is 4. The minimum absolute atomic E-state index is 0.102. The second kappa shape index (κ2) is 12.4. The molecule has 0 atom stereocenters. The highest BCUT2D eigenvalue weighted by Crippen LogP contribution is 2.39. The summed E-state index contributed by atoms with van der Waals surface area (Å²) in [5.41, 5.74) is 1.62. The van der Waals surface area contributed by atoms with E-state index in [0.717, 1.165) is 31.3 Å². The lowest BCUT2D eigenvalue weighted by Crippen LogP contribution is -2.27. The zero-order valence-corrected chi connectivity index (χ0v) is 21.1. The average Bonchev–Trinajstić information content (AvgIpc) is 2.81. The van der Waals surface area contributed by atoms with Gasteiger partial charge >= 0.3 is 0 Å². The highest BCUT2D eigenvalue weighted by atomic mass is 32.2. The average molecular weight is 496 g/mol. The molecule has 0 saturated carbocycles. The fraction of sp³-hybridized carbons (Fsp3) is 0.296. The van der Waals surface area contributed by atoms with Gasteiger partial charge in [0.2, 0.25) is 10.0 Å². The van der Waals surface area contributed by atoms with E-state index in [1.54, 1.807) is 30.3 Å². The van der Waals surface area contributed by atoms with Gasteiger partial charge in [0.15, 0.2) is 5.75 Å². The molecule has 0 spiro atoms. The van der Waals surface area contributed by atoms with Crippen molar-refractivity contribution in [3.05, 3.63) is 84.0 Å². The van der Waals surface area contributed by atoms with Crippen molar-refractivity contribution >= 4 is 21.6 Å². The Morgan fingerprint density at radius 3 is 2.60 bits per heavy atom. The summed E-state index contributed by atoms with van der Waals surface area (Å²) >= 11 is 0. The summed E-state index contributed by atoms with van der Waals surface area (Å²) in [4.78, 5) is 14.8. The third kappa shape index (κ3) is 7.56. The highest BCUT2D eigenvalue weighted by Gasteiger charge is 2.25. The third-order valence-electron chi connectivity index (χ3n) is 5.56. The maximum absolute atomic E-state index is 13.1. The zero-order chi connectivity index (χ0) is 25.3. The number of sulfonamides is 1. The van der Waals surface area contributed by atoms with Gasteiger partial charge in [-0.25, -0.2) is 13.6 Å². The lowest BCUT2D eigenvalue weighted by atomic mass is 10.1. The van der Waals surface area contributed by atoms with Crippen molar-refractivity contribution in [3.63, 3.8) is 0 Å². The Kier molecular flexibility index (Phi) is 9.28. The first kappa shape index (κ1) is 26.2. The quantitative estimate of drug-likeness (QED) is 0.487. The van der Waals surface area contributed by atoms with Gasteiger partial charge < -0.3 is 15.0 Å². The van der Waals surface area contributed by atoms with E-state index in [9.17, 15) is 13.2 Å². The Hall–Kier alpha value is -3.36. The molecular weight excluding hydrogens is 462 g/mol. The van der Waals surface area contributed by atoms with Gasteiger partial charge in [-0.3, -0.25) is 4.79 Å². The van der Waals surface area contributed by atoms with E-state index in [4.69, 9.17) is 9.88 Å². The minimum Gasteiger partial charge on any atom is -0.454 e. The fourth-order valence-corrected chi connectivity index (χ4v) is 4.31. The molecule has 0 unspecified atom stereocenters. The van der Waals surface area contributed by atoms with E-state index in [2.05, 4.69) is 24.4 Å². The maximum Gasteiger partial charge on any atom is 0.251 e. The number of ether oxygens (including phenoxy) is 1. The molecule has 2 aromatic carbocycles. The molecule has 0 saturated heterocycles. The SMILES string of the molecule is CCCCN(C)c1cc(C(=O)NCC2=CC=CCCC=C2)cc(S(N)(=O)=O)c1Oc1ccccc1. The van der Waals surface area contributed by atoms with Gasteiger partial charge in [0, 0.05) is 25.7 Å². The van der Waals surface area contributed by atoms with Crippen LogP contribution < -0.4 is 20.1 Å². The molecule has 0 radical (unpaired) electrons. The predicted octanol–water partition coefficient (Wildman–Crippen LogP) is 4.93. The number of carbonyl (C=O) groups excluding carboxylic acids is 1. The Morgan fingerprint density at radius 2 is 1.89 bits per heavy atom. The van der Waals surface area contributed by atoms with E-state index >= 15 is 0 Å². The van der Waals surface area contributed by atoms with Crippen molar-refractivity contribution in [1.29, 1.82) is 0 Å². The van der Waals surface area contributed by atoms with Crippen LogP contribution in [0.5, 0.6) is 11.5 Å². The number of hydrogen-bond donors (Lipinski definition) is 2. The lowest BCUT2D eigenvalue weighted by Gasteiger charge is -2.24. The molecule has 0 aliphatic heterocycles. The van der Waals surface area contributed by atoms with Crippen LogP contribution in [0.25, 0.3) is 0 Å². The van der Waals surface area contributed by atoms with Crippen LogP contribution in [0, 0.1) is 0 Å². The van der Waals surface area contributed by atoms with E-state index < -0.39 is 15.9 Å². The van der Waals surface area contributed by atoms with Gasteiger partial charge in [0.05, 0.1) is 5.69 Å². The molecule has 1 aliphatic carbocycles. The molecule has 0 aromatic heterocycles. The zero-order valence-electron chi connectivity index (χ0n) is 20.2. The smallest absolute Gasteiger partial charge is 0.251 e. The summed E-state index contributed by atoms with van der Waals surface area (Å²) in [7, 11) is -2.35. The number of anilines is 1. The number of benzene rings is 2. The second-order valence-corrected chi connectivity index (χ2v) is 9.92. The maximum atomic E-state index is 13.1. The number of para-hydroxylation sites is 1. The summed E-state index contributed by atoms with van der Waals surface area (Å²) in [6, 6.07) is 11.8. The van der Waals surface area contributed by atoms with Crippen LogP contribution in [0.1, 0.15) is 43.0 Å². The summed E-state index contributed by atoms with van der Waals surface area (Å²) in [6.45, 7) is 3.04. The molecule has 1 aliphatic rings. The first-order chi connectivity index (χ1) is 16.8. The largest absolute Gasteiger partial charge is 0.454 e. The van der Waals surface area contributed by atoms with Gasteiger partial charge in [-0.1, -0.05) is 61.9 Å². The van der Waals surface area contributed by atoms with Gasteiger partial charge in [-0.2, -0.15) is 0 Å². The van der Waals surface area contributed by atoms with Crippen molar-refractivity contribution in [2.45, 2.75) is 37.5 Å². The highest BCUT2D eigenvalue weighted by molar-refractivity contribution is 7.89. The number of unbranched alkanes of at least 4 members (excludes halogenated alkanes) is 1. The van der Waals surface area contributed by atoms with Crippen molar-refractivity contribution < 1.29 is 17.9 Å². The molecule has 1 amide bonds. The van der Waals surface area contributed by atoms with Crippen LogP contribution in [-0.2, 0) is 10.0 Å². The summed E-state index contributed by atoms with van der Waals surface area (Å²) in [6.07, 6.45) is 13.8. The Labute approximate surface area is 208 Å². The molecule has 0 heterocycles. The van der Waals surface area contributed by atoms with Gasteiger partial charge in [0.25, 0.3) is 5.91 Å². The van der Waals surface area contributed by atoms with Crippen molar-refractivity contribution in [2.24, 2.45) is 5.14 Å². The molecule has 35 heavy (non-hydrogen) atoms. The van der Waals surface area contributed by atoms with Crippen LogP contribution in [-0.4, -0.2) is 34.5 Å². The number of amides is 1. The Balaban J connectivity index is 2.00. The van der Waals surface area contributed by atoms with Crippen molar-refractivity contribution in [1.82, 2.24) is 5.32 Å². The Bertz CT molecular complexity index is 1220. The van der Waals surface area contributed by atoms with E-state index in [0.29, 0.717) is 24.5 Å². The van der Waals surface area contributed by atoms with Gasteiger partial charge in [-0.05, 0) is 49.1 Å². The number of hydrogen-bond acceptors (Lipinski definition) is 5. The first-order valence-electron chi connectivity index (χ1n) is 11.7. The monoisotopic (exact) mass is 495 g/mol. The summed E-state index contributed by atoms with van der Waals surface area (Å²) in [5, 5.41) is 8.48. The standard InChI is InChI=1S/C27H33N3O4S/c1-3-4-17-30(2)24-18-22(27(31)29-20-21-13-9-6-5-7-10-14-21)19-25(35(28,32)33)26(24)34-23-15-11-8-12-16-23/h6,8-16,18-19H,3-5,7,17,20H2,1-2H3,(H,29,31)(H2,28,32,33). The van der Waals surface area contributed by atoms with Gasteiger partial charge in [-0.15, -0.1) is 0 Å². The molecule has 2 aromatic rings. The Morgan fingerprint density at radius 1 is 1.14 bits per heavy atom. The number of carbonyl (C=O) groups is 1. The van der Waals surface area contributed by atoms with E-state index in [-0.39, 0.29) is 16.2 Å². The molecule has 8 heteroatoms. The van der Waals surface area contributed by atoms with Crippen LogP contribution in [0.3, 0.4) is 0 Å². The van der Waals surface area contributed by atoms with E-state index in [1.807, 2.05) is 36.2 Å². The van der Waals surface area contributed by atoms with E-state index in [1.165, 1.54) is 6.07 Å². The second-order valence-electron chi connectivity index (χ2n) is 8.39. The third-order valence-corrected chi connectivity index (χ3v) is 6.47. The number of primary sulfonamides is 1. The van der Waals surface area contributed by atoms with Crippen LogP contribution >= 0.6 is 0 Å². The number of nitrogens with one attached hydrogen (secondary N) is 1. The van der Waals surface area contributed by atoms with Gasteiger partial charge in [0.1, 0.15) is 10.6 Å². The normalized spacial score (nSPS) is 13.5. The first-order valence-corrected chi connectivity index (χ1v) is 13.3. The fourth-order valence-electron chi connectivity index (χ4n) is 3.61. The number of nitrogens with two attached hydrogens (primary N) is 1. The molecule has 0 bridgehead atoms. The molecule has 3 N–H and O–H groups in total. The number of rotatable bonds is 10. The molecule has 3 rings (SSSR count). The number of nitrogens with zero attached hydrogens (tertiary/aromatic N) is 1. The molecule has 186 valence electrons. The predicted molar refractivity (Wildman–Crippen MR) is 140 cm³/mol. The van der Waals surface area contributed by atoms with Crippen molar-refractivity contribution in [2.75, 3.05) is 25.0 Å². The topological polar surface area (TPSA) is 102 Å². The summed E-state index contributed by atoms with van der Waals surface area (Å²) < 4.78 is 31.2. The summed E-state index contributed by atoms with van der Waals surface area (Å²) in [5.74, 6) is 0.173. The minimum atomic E-state index is -4.19.